The van der Waals surface area contributed by atoms with E-state index in [0.29, 0.717) is 5.96 Å². The van der Waals surface area contributed by atoms with Crippen LogP contribution in [0.2, 0.25) is 0 Å². The molecule has 0 radical (unpaired) electrons. The molecule has 1 saturated carbocycles. The van der Waals surface area contributed by atoms with Gasteiger partial charge in [-0.05, 0) is 37.7 Å². The summed E-state index contributed by atoms with van der Waals surface area (Å²) < 4.78 is 1.73. The fourth-order valence-corrected chi connectivity index (χ4v) is 2.23. The minimum absolute atomic E-state index is 0. The van der Waals surface area contributed by atoms with Crippen molar-refractivity contribution >= 4 is 29.9 Å². The van der Waals surface area contributed by atoms with Gasteiger partial charge in [-0.25, -0.2) is 0 Å². The number of nitrogens with two attached hydrogens (primary N) is 1. The Labute approximate surface area is 143 Å². The van der Waals surface area contributed by atoms with E-state index in [-0.39, 0.29) is 29.5 Å². The molecule has 0 atom stereocenters. The van der Waals surface area contributed by atoms with Crippen molar-refractivity contribution in [3.63, 3.8) is 0 Å². The lowest BCUT2D eigenvalue weighted by atomic mass is 9.86. The molecule has 0 saturated heterocycles. The molecular formula is C15H25IN4O. The number of aliphatic imine (C=N–C) groups is 1. The van der Waals surface area contributed by atoms with Gasteiger partial charge in [-0.15, -0.1) is 24.0 Å². The molecule has 0 aliphatic heterocycles. The highest BCUT2D eigenvalue weighted by Gasteiger charge is 2.16. The molecule has 118 valence electrons. The summed E-state index contributed by atoms with van der Waals surface area (Å²) in [5.41, 5.74) is 5.86. The number of hydrogen-bond acceptors (Lipinski definition) is 2. The fraction of sp³-hybridized carbons (Fsp3) is 0.600. The Balaban J connectivity index is 0.00000220. The molecule has 0 unspecified atom stereocenters. The van der Waals surface area contributed by atoms with E-state index >= 15 is 0 Å². The molecule has 3 N–H and O–H groups in total. The van der Waals surface area contributed by atoms with E-state index in [2.05, 4.69) is 10.3 Å². The third-order valence-electron chi connectivity index (χ3n) is 3.78. The second-order valence-electron chi connectivity index (χ2n) is 5.39. The van der Waals surface area contributed by atoms with E-state index < -0.39 is 0 Å². The second-order valence-corrected chi connectivity index (χ2v) is 5.39. The summed E-state index contributed by atoms with van der Waals surface area (Å²) in [6, 6.07) is 5.23. The van der Waals surface area contributed by atoms with E-state index in [0.717, 1.165) is 38.4 Å². The molecule has 0 bridgehead atoms. The molecular weight excluding hydrogens is 379 g/mol. The molecule has 1 aromatic heterocycles. The molecule has 1 aliphatic rings. The molecule has 21 heavy (non-hydrogen) atoms. The van der Waals surface area contributed by atoms with Crippen LogP contribution < -0.4 is 16.6 Å². The summed E-state index contributed by atoms with van der Waals surface area (Å²) in [5, 5.41) is 3.13. The molecule has 0 aromatic carbocycles. The van der Waals surface area contributed by atoms with Crippen LogP contribution in [0.5, 0.6) is 0 Å². The standard InChI is InChI=1S/C15H24N4O.HI/c16-15(18-12-13-6-5-7-13)17-9-2-4-11-19-10-3-1-8-14(19)20;/h1,3,8,10,13H,2,4-7,9,11-12H2,(H3,16,17,18);1H. The van der Waals surface area contributed by atoms with Gasteiger partial charge in [0.2, 0.25) is 5.56 Å². The zero-order valence-electron chi connectivity index (χ0n) is 12.3. The molecule has 5 nitrogen and oxygen atoms in total. The largest absolute Gasteiger partial charge is 0.370 e. The molecule has 6 heteroatoms. The van der Waals surface area contributed by atoms with Crippen LogP contribution in [-0.4, -0.2) is 23.6 Å². The van der Waals surface area contributed by atoms with Crippen LogP contribution in [0, 0.1) is 5.92 Å². The molecule has 1 aromatic rings. The average molecular weight is 404 g/mol. The summed E-state index contributed by atoms with van der Waals surface area (Å²) in [4.78, 5) is 15.8. The molecule has 0 amide bonds. The minimum atomic E-state index is 0. The number of hydrogen-bond donors (Lipinski definition) is 2. The number of guanidine groups is 1. The van der Waals surface area contributed by atoms with Crippen LogP contribution in [-0.2, 0) is 6.54 Å². The van der Waals surface area contributed by atoms with Crippen molar-refractivity contribution < 1.29 is 0 Å². The molecule has 1 fully saturated rings. The Kier molecular flexibility index (Phi) is 8.41. The van der Waals surface area contributed by atoms with Gasteiger partial charge in [0.05, 0.1) is 0 Å². The normalized spacial score (nSPS) is 15.1. The van der Waals surface area contributed by atoms with E-state index in [1.807, 2.05) is 12.3 Å². The van der Waals surface area contributed by atoms with Gasteiger partial charge < -0.3 is 15.6 Å². The predicted octanol–water partition coefficient (Wildman–Crippen LogP) is 1.95. The van der Waals surface area contributed by atoms with Crippen molar-refractivity contribution in [1.29, 1.82) is 0 Å². The first-order chi connectivity index (χ1) is 9.75. The predicted molar refractivity (Wildman–Crippen MR) is 97.2 cm³/mol. The topological polar surface area (TPSA) is 72.4 Å². The Hall–Kier alpha value is -1.05. The maximum Gasteiger partial charge on any atom is 0.250 e. The summed E-state index contributed by atoms with van der Waals surface area (Å²) >= 11 is 0. The average Bonchev–Trinajstić information content (AvgIpc) is 2.38. The maximum atomic E-state index is 11.5. The molecule has 1 heterocycles. The van der Waals surface area contributed by atoms with Crippen LogP contribution in [0.3, 0.4) is 0 Å². The number of nitrogens with one attached hydrogen (secondary N) is 1. The summed E-state index contributed by atoms with van der Waals surface area (Å²) in [6.07, 6.45) is 7.68. The first-order valence-corrected chi connectivity index (χ1v) is 7.45. The summed E-state index contributed by atoms with van der Waals surface area (Å²) in [7, 11) is 0. The van der Waals surface area contributed by atoms with Crippen molar-refractivity contribution in [2.75, 3.05) is 13.1 Å². The lowest BCUT2D eigenvalue weighted by Gasteiger charge is -2.23. The van der Waals surface area contributed by atoms with Crippen LogP contribution in [0.15, 0.2) is 34.2 Å². The van der Waals surface area contributed by atoms with Crippen molar-refractivity contribution in [3.8, 4) is 0 Å². The van der Waals surface area contributed by atoms with Gasteiger partial charge in [0, 0.05) is 31.9 Å². The first kappa shape index (κ1) is 18.0. The van der Waals surface area contributed by atoms with E-state index in [1.165, 1.54) is 19.3 Å². The summed E-state index contributed by atoms with van der Waals surface area (Å²) in [5.74, 6) is 1.30. The SMILES string of the molecule is I.NC(=NCC1CCC1)NCCCCn1ccccc1=O. The van der Waals surface area contributed by atoms with Crippen LogP contribution in [0.4, 0.5) is 0 Å². The van der Waals surface area contributed by atoms with Crippen molar-refractivity contribution in [3.05, 3.63) is 34.7 Å². The zero-order valence-corrected chi connectivity index (χ0v) is 14.7. The zero-order chi connectivity index (χ0) is 14.2. The highest BCUT2D eigenvalue weighted by Crippen LogP contribution is 2.26. The molecule has 0 spiro atoms. The fourth-order valence-electron chi connectivity index (χ4n) is 2.23. The Morgan fingerprint density at radius 1 is 1.38 bits per heavy atom. The van der Waals surface area contributed by atoms with E-state index in [9.17, 15) is 4.79 Å². The van der Waals surface area contributed by atoms with Gasteiger partial charge in [0.1, 0.15) is 0 Å². The van der Waals surface area contributed by atoms with Crippen molar-refractivity contribution in [2.24, 2.45) is 16.6 Å². The monoisotopic (exact) mass is 404 g/mol. The van der Waals surface area contributed by atoms with Gasteiger partial charge in [0.15, 0.2) is 5.96 Å². The lowest BCUT2D eigenvalue weighted by molar-refractivity contribution is 0.326. The van der Waals surface area contributed by atoms with Gasteiger partial charge >= 0.3 is 0 Å². The minimum Gasteiger partial charge on any atom is -0.370 e. The van der Waals surface area contributed by atoms with Crippen LogP contribution in [0.25, 0.3) is 0 Å². The number of aromatic nitrogens is 1. The van der Waals surface area contributed by atoms with Gasteiger partial charge in [0.25, 0.3) is 0 Å². The number of aryl methyl sites for hydroxylation is 1. The number of unbranched alkanes of at least 4 members (excludes halogenated alkanes) is 1. The number of pyridine rings is 1. The maximum absolute atomic E-state index is 11.5. The highest BCUT2D eigenvalue weighted by molar-refractivity contribution is 14.0. The number of halogens is 1. The smallest absolute Gasteiger partial charge is 0.250 e. The number of rotatable bonds is 7. The number of nitrogens with zero attached hydrogens (tertiary/aromatic N) is 2. The van der Waals surface area contributed by atoms with Gasteiger partial charge in [-0.1, -0.05) is 12.5 Å². The van der Waals surface area contributed by atoms with Crippen molar-refractivity contribution in [1.82, 2.24) is 9.88 Å². The third kappa shape index (κ3) is 6.50. The van der Waals surface area contributed by atoms with Gasteiger partial charge in [-0.3, -0.25) is 9.79 Å². The lowest BCUT2D eigenvalue weighted by Crippen LogP contribution is -2.33. The van der Waals surface area contributed by atoms with E-state index in [1.54, 1.807) is 16.7 Å². The highest BCUT2D eigenvalue weighted by atomic mass is 127. The van der Waals surface area contributed by atoms with Crippen LogP contribution >= 0.6 is 24.0 Å². The Morgan fingerprint density at radius 2 is 2.19 bits per heavy atom. The van der Waals surface area contributed by atoms with Gasteiger partial charge in [-0.2, -0.15) is 0 Å². The Morgan fingerprint density at radius 3 is 2.86 bits per heavy atom. The first-order valence-electron chi connectivity index (χ1n) is 7.45. The van der Waals surface area contributed by atoms with Crippen molar-refractivity contribution in [2.45, 2.75) is 38.6 Å². The third-order valence-corrected chi connectivity index (χ3v) is 3.78. The second kappa shape index (κ2) is 9.81. The molecule has 1 aliphatic carbocycles. The Bertz CT molecular complexity index is 496. The summed E-state index contributed by atoms with van der Waals surface area (Å²) in [6.45, 7) is 2.42. The molecule has 2 rings (SSSR count). The quantitative estimate of drug-likeness (QED) is 0.316. The van der Waals surface area contributed by atoms with E-state index in [4.69, 9.17) is 5.73 Å². The van der Waals surface area contributed by atoms with Crippen LogP contribution in [0.1, 0.15) is 32.1 Å².